The zero-order valence-corrected chi connectivity index (χ0v) is 22.8. The van der Waals surface area contributed by atoms with Crippen LogP contribution in [0.3, 0.4) is 0 Å². The summed E-state index contributed by atoms with van der Waals surface area (Å²) in [5.74, 6) is -5.88. The minimum absolute atomic E-state index is 0.182. The average Bonchev–Trinajstić information content (AvgIpc) is 2.95. The maximum absolute atomic E-state index is 14.3. The number of methoxy groups -OCH3 is 1. The Balaban J connectivity index is 1.48. The lowest BCUT2D eigenvalue weighted by Crippen LogP contribution is -2.49. The molecule has 0 aliphatic carbocycles. The first-order chi connectivity index (χ1) is 20.0. The second-order valence-electron chi connectivity index (χ2n) is 9.20. The summed E-state index contributed by atoms with van der Waals surface area (Å²) in [6.07, 6.45) is 2.81. The molecule has 1 aliphatic rings. The summed E-state index contributed by atoms with van der Waals surface area (Å²) in [7, 11) is -3.63. The Labute approximate surface area is 237 Å². The Morgan fingerprint density at radius 3 is 2.31 bits per heavy atom. The van der Waals surface area contributed by atoms with Gasteiger partial charge in [-0.1, -0.05) is 12.6 Å². The van der Waals surface area contributed by atoms with Crippen LogP contribution in [0.25, 0.3) is 22.0 Å². The molecule has 2 aromatic carbocycles. The molecule has 0 saturated carbocycles. The molecule has 0 unspecified atom stereocenters. The van der Waals surface area contributed by atoms with Gasteiger partial charge in [0.15, 0.2) is 10.7 Å². The molecule has 5 rings (SSSR count). The molecule has 1 fully saturated rings. The summed E-state index contributed by atoms with van der Waals surface area (Å²) in [5, 5.41) is 0.637. The van der Waals surface area contributed by atoms with Crippen molar-refractivity contribution in [1.82, 2.24) is 19.9 Å². The quantitative estimate of drug-likeness (QED) is 0.249. The first-order valence-electron chi connectivity index (χ1n) is 12.3. The van der Waals surface area contributed by atoms with E-state index in [1.54, 1.807) is 18.2 Å². The highest BCUT2D eigenvalue weighted by atomic mass is 32.2. The number of pyridine rings is 1. The topological polar surface area (TPSA) is 118 Å². The highest BCUT2D eigenvalue weighted by Gasteiger charge is 2.28. The van der Waals surface area contributed by atoms with E-state index in [-0.39, 0.29) is 36.8 Å². The summed E-state index contributed by atoms with van der Waals surface area (Å²) in [6.45, 7) is 4.33. The van der Waals surface area contributed by atoms with E-state index in [1.807, 2.05) is 4.90 Å². The van der Waals surface area contributed by atoms with E-state index in [1.165, 1.54) is 30.6 Å². The number of amides is 1. The van der Waals surface area contributed by atoms with Crippen LogP contribution < -0.4 is 14.4 Å². The van der Waals surface area contributed by atoms with Crippen molar-refractivity contribution in [2.75, 3.05) is 42.9 Å². The zero-order valence-electron chi connectivity index (χ0n) is 21.9. The van der Waals surface area contributed by atoms with Gasteiger partial charge in [0.25, 0.3) is 15.9 Å². The van der Waals surface area contributed by atoms with E-state index in [2.05, 4.69) is 26.3 Å². The molecule has 0 atom stereocenters. The predicted octanol–water partition coefficient (Wildman–Crippen LogP) is 4.05. The van der Waals surface area contributed by atoms with Crippen molar-refractivity contribution in [1.29, 1.82) is 0 Å². The van der Waals surface area contributed by atoms with E-state index in [4.69, 9.17) is 4.74 Å². The third kappa shape index (κ3) is 5.54. The lowest BCUT2D eigenvalue weighted by Gasteiger charge is -2.35. The largest absolute Gasteiger partial charge is 0.480 e. The first kappa shape index (κ1) is 28.7. The molecular formula is C27H22F4N6O4S. The normalized spacial score (nSPS) is 13.7. The second-order valence-corrected chi connectivity index (χ2v) is 10.8. The van der Waals surface area contributed by atoms with Gasteiger partial charge in [0.1, 0.15) is 35.3 Å². The molecule has 0 spiro atoms. The lowest BCUT2D eigenvalue weighted by atomic mass is 10.0. The minimum Gasteiger partial charge on any atom is -0.480 e. The van der Waals surface area contributed by atoms with E-state index in [9.17, 15) is 30.8 Å². The number of carbonyl (C=O) groups excluding carboxylic acids is 1. The number of ether oxygens (including phenoxy) is 1. The van der Waals surface area contributed by atoms with E-state index < -0.39 is 44.1 Å². The number of benzene rings is 2. The number of anilines is 2. The molecule has 1 aliphatic heterocycles. The number of halogens is 4. The molecule has 0 bridgehead atoms. The van der Waals surface area contributed by atoms with Crippen molar-refractivity contribution >= 4 is 38.3 Å². The number of sulfonamides is 1. The molecule has 4 aromatic rings. The van der Waals surface area contributed by atoms with Crippen LogP contribution in [0.15, 0.2) is 66.2 Å². The smallest absolute Gasteiger partial charge is 0.282 e. The van der Waals surface area contributed by atoms with Gasteiger partial charge < -0.3 is 14.5 Å². The summed E-state index contributed by atoms with van der Waals surface area (Å²) in [5.41, 5.74) is 1.35. The van der Waals surface area contributed by atoms with Crippen molar-refractivity contribution in [3.8, 4) is 17.0 Å². The van der Waals surface area contributed by atoms with Gasteiger partial charge in [0.05, 0.1) is 12.6 Å². The lowest BCUT2D eigenvalue weighted by molar-refractivity contribution is -0.128. The molecular weight excluding hydrogens is 580 g/mol. The van der Waals surface area contributed by atoms with E-state index in [0.717, 1.165) is 0 Å². The fourth-order valence-corrected chi connectivity index (χ4v) is 5.76. The summed E-state index contributed by atoms with van der Waals surface area (Å²) in [4.78, 5) is 26.7. The molecule has 42 heavy (non-hydrogen) atoms. The maximum Gasteiger partial charge on any atom is 0.282 e. The molecule has 0 radical (unpaired) electrons. The minimum atomic E-state index is -4.87. The SMILES string of the molecule is C=C(F)C(=O)N1CCN(c2ncnc3ccc(-c4cnc(OC)c(NS(=O)(=O)c5c(F)cc(F)cc5F)c4)cc23)CC1. The molecule has 3 heterocycles. The molecule has 1 N–H and O–H groups in total. The van der Waals surface area contributed by atoms with Gasteiger partial charge >= 0.3 is 0 Å². The van der Waals surface area contributed by atoms with Crippen LogP contribution in [0.2, 0.25) is 0 Å². The summed E-state index contributed by atoms with van der Waals surface area (Å²) in [6, 6.07) is 7.07. The van der Waals surface area contributed by atoms with Crippen molar-refractivity contribution < 1.29 is 35.5 Å². The first-order valence-corrected chi connectivity index (χ1v) is 13.8. The van der Waals surface area contributed by atoms with Crippen LogP contribution in [-0.4, -0.2) is 67.5 Å². The Morgan fingerprint density at radius 2 is 1.67 bits per heavy atom. The Kier molecular flexibility index (Phi) is 7.69. The number of aromatic nitrogens is 3. The molecule has 1 saturated heterocycles. The van der Waals surface area contributed by atoms with E-state index in [0.29, 0.717) is 40.9 Å². The zero-order chi connectivity index (χ0) is 30.2. The van der Waals surface area contributed by atoms with Gasteiger partial charge in [-0.05, 0) is 23.8 Å². The van der Waals surface area contributed by atoms with Crippen LogP contribution in [0.1, 0.15) is 0 Å². The number of rotatable bonds is 7. The van der Waals surface area contributed by atoms with E-state index >= 15 is 0 Å². The molecule has 2 aromatic heterocycles. The average molecular weight is 603 g/mol. The van der Waals surface area contributed by atoms with Crippen molar-refractivity contribution in [3.05, 3.63) is 78.8 Å². The maximum atomic E-state index is 14.3. The summed E-state index contributed by atoms with van der Waals surface area (Å²) < 4.78 is 88.2. The second kappa shape index (κ2) is 11.2. The number of piperazine rings is 1. The Bertz CT molecular complexity index is 1810. The van der Waals surface area contributed by atoms with Crippen molar-refractivity contribution in [2.45, 2.75) is 4.90 Å². The number of hydrogen-bond acceptors (Lipinski definition) is 8. The van der Waals surface area contributed by atoms with Gasteiger partial charge in [0, 0.05) is 55.5 Å². The van der Waals surface area contributed by atoms with Crippen LogP contribution in [-0.2, 0) is 14.8 Å². The van der Waals surface area contributed by atoms with Gasteiger partial charge in [-0.3, -0.25) is 9.52 Å². The monoisotopic (exact) mass is 602 g/mol. The van der Waals surface area contributed by atoms with Crippen LogP contribution in [0, 0.1) is 17.5 Å². The Hall–Kier alpha value is -4.79. The molecule has 218 valence electrons. The highest BCUT2D eigenvalue weighted by Crippen LogP contribution is 2.34. The van der Waals surface area contributed by atoms with Gasteiger partial charge in [-0.2, -0.15) is 0 Å². The number of nitrogens with zero attached hydrogens (tertiary/aromatic N) is 5. The molecule has 10 nitrogen and oxygen atoms in total. The molecule has 15 heteroatoms. The van der Waals surface area contributed by atoms with Crippen LogP contribution in [0.4, 0.5) is 29.1 Å². The van der Waals surface area contributed by atoms with Crippen LogP contribution in [0.5, 0.6) is 5.88 Å². The van der Waals surface area contributed by atoms with Crippen molar-refractivity contribution in [2.24, 2.45) is 0 Å². The van der Waals surface area contributed by atoms with Gasteiger partial charge in [-0.15, -0.1) is 0 Å². The predicted molar refractivity (Wildman–Crippen MR) is 145 cm³/mol. The number of nitrogens with one attached hydrogen (secondary N) is 1. The van der Waals surface area contributed by atoms with Gasteiger partial charge in [-0.25, -0.2) is 40.9 Å². The number of carbonyl (C=O) groups is 1. The third-order valence-corrected chi connectivity index (χ3v) is 7.98. The molecule has 1 amide bonds. The Morgan fingerprint density at radius 1 is 0.976 bits per heavy atom. The fourth-order valence-electron chi connectivity index (χ4n) is 4.59. The summed E-state index contributed by atoms with van der Waals surface area (Å²) >= 11 is 0. The standard InChI is InChI=1S/C27H22F4N6O4S/c1-15(28)27(38)37-7-5-36(6-8-37)25-19-9-16(3-4-22(19)33-14-34-25)17-10-23(26(41-2)32-13-17)35-42(39,40)24-20(30)11-18(29)12-21(24)31/h3-4,9-14,35H,1,5-8H2,2H3. The fraction of sp³-hybridized carbons (Fsp3) is 0.185. The number of fused-ring (bicyclic) bond motifs is 1. The van der Waals surface area contributed by atoms with Crippen molar-refractivity contribution in [3.63, 3.8) is 0 Å². The van der Waals surface area contributed by atoms with Gasteiger partial charge in [0.2, 0.25) is 5.88 Å². The third-order valence-electron chi connectivity index (χ3n) is 6.57. The number of hydrogen-bond donors (Lipinski definition) is 1. The highest BCUT2D eigenvalue weighted by molar-refractivity contribution is 7.92. The van der Waals surface area contributed by atoms with Crippen LogP contribution >= 0.6 is 0 Å².